The van der Waals surface area contributed by atoms with E-state index in [1.54, 1.807) is 24.3 Å². The molecule has 0 fully saturated rings. The average molecular weight is 475 g/mol. The molecule has 1 rings (SSSR count). The molecule has 0 bridgehead atoms. The molecule has 28 heavy (non-hydrogen) atoms. The monoisotopic (exact) mass is 474 g/mol. The van der Waals surface area contributed by atoms with Crippen molar-refractivity contribution in [2.45, 2.75) is 68.4 Å². The number of hydrogen-bond acceptors (Lipinski definition) is 4. The maximum atomic E-state index is 11.6. The highest BCUT2D eigenvalue weighted by Crippen LogP contribution is 2.35. The van der Waals surface area contributed by atoms with Crippen molar-refractivity contribution >= 4 is 39.6 Å². The first-order chi connectivity index (χ1) is 13.5. The molecule has 0 saturated heterocycles. The van der Waals surface area contributed by atoms with Gasteiger partial charge in [-0.1, -0.05) is 66.7 Å². The molecule has 2 unspecified atom stereocenters. The van der Waals surface area contributed by atoms with Crippen LogP contribution in [0.2, 0.25) is 0 Å². The summed E-state index contributed by atoms with van der Waals surface area (Å²) in [6.45, 7) is 2.73. The molecule has 1 aromatic rings. The number of rotatable bonds is 16. The fraction of sp³-hybridized carbons (Fsp3) is 0.619. The Bertz CT molecular complexity index is 596. The molecular formula is C21H31BrO5S. The molecule has 0 saturated carbocycles. The Morgan fingerprint density at radius 2 is 1.75 bits per heavy atom. The third-order valence-electron chi connectivity index (χ3n) is 4.34. The fourth-order valence-corrected chi connectivity index (χ4v) is 4.34. The van der Waals surface area contributed by atoms with Crippen molar-refractivity contribution in [3.63, 3.8) is 0 Å². The largest absolute Gasteiger partial charge is 0.493 e. The summed E-state index contributed by atoms with van der Waals surface area (Å²) in [6.07, 6.45) is 9.35. The molecule has 0 amide bonds. The first kappa shape index (κ1) is 24.8. The van der Waals surface area contributed by atoms with Gasteiger partial charge in [-0.05, 0) is 31.7 Å². The molecule has 0 aromatic heterocycles. The van der Waals surface area contributed by atoms with E-state index in [1.807, 2.05) is 0 Å². The number of carboxylic acids is 2. The molecule has 2 N–H and O–H groups in total. The number of benzene rings is 1. The summed E-state index contributed by atoms with van der Waals surface area (Å²) in [4.78, 5) is 22.9. The normalized spacial score (nSPS) is 13.1. The Kier molecular flexibility index (Phi) is 13.1. The Labute approximate surface area is 180 Å². The molecule has 1 aromatic carbocycles. The number of halogens is 1. The second kappa shape index (κ2) is 14.7. The average Bonchev–Trinajstić information content (AvgIpc) is 2.65. The number of hydrogen-bond donors (Lipinski definition) is 2. The van der Waals surface area contributed by atoms with E-state index in [-0.39, 0.29) is 5.75 Å². The number of thioether (sulfide) groups is 1. The summed E-state index contributed by atoms with van der Waals surface area (Å²) in [5, 5.41) is 17.3. The van der Waals surface area contributed by atoms with Gasteiger partial charge in [-0.3, -0.25) is 9.59 Å². The molecule has 2 atom stereocenters. The molecule has 0 heterocycles. The lowest BCUT2D eigenvalue weighted by Crippen LogP contribution is -2.13. The molecule has 0 aliphatic heterocycles. The molecule has 0 spiro atoms. The third-order valence-corrected chi connectivity index (χ3v) is 6.46. The van der Waals surface area contributed by atoms with Crippen LogP contribution in [-0.4, -0.2) is 39.3 Å². The number of unbranched alkanes of at least 4 members (excludes halogenated alkanes) is 4. The zero-order chi connectivity index (χ0) is 20.8. The Hall–Kier alpha value is -1.21. The van der Waals surface area contributed by atoms with Gasteiger partial charge in [0.15, 0.2) is 0 Å². The van der Waals surface area contributed by atoms with Gasteiger partial charge in [-0.25, -0.2) is 0 Å². The molecule has 5 nitrogen and oxygen atoms in total. The van der Waals surface area contributed by atoms with E-state index < -0.39 is 17.2 Å². The predicted molar refractivity (Wildman–Crippen MR) is 118 cm³/mol. The van der Waals surface area contributed by atoms with Crippen molar-refractivity contribution in [2.24, 2.45) is 0 Å². The second-order valence-electron chi connectivity index (χ2n) is 6.75. The molecule has 0 radical (unpaired) electrons. The highest BCUT2D eigenvalue weighted by molar-refractivity contribution is 9.09. The zero-order valence-electron chi connectivity index (χ0n) is 16.4. The number of para-hydroxylation sites is 1. The van der Waals surface area contributed by atoms with Gasteiger partial charge in [0.1, 0.15) is 11.0 Å². The lowest BCUT2D eigenvalue weighted by Gasteiger charge is -2.16. The zero-order valence-corrected chi connectivity index (χ0v) is 18.8. The van der Waals surface area contributed by atoms with Gasteiger partial charge in [0, 0.05) is 10.4 Å². The van der Waals surface area contributed by atoms with Crippen LogP contribution in [-0.2, 0) is 9.59 Å². The van der Waals surface area contributed by atoms with Crippen LogP contribution in [0.1, 0.15) is 69.1 Å². The maximum absolute atomic E-state index is 11.6. The van der Waals surface area contributed by atoms with E-state index in [4.69, 9.17) is 9.84 Å². The minimum Gasteiger partial charge on any atom is -0.493 e. The van der Waals surface area contributed by atoms with Crippen molar-refractivity contribution in [1.82, 2.24) is 0 Å². The SMILES string of the molecule is CCCCCCC(Br)CCCCOc1ccccc1C(SCC(=O)O)C(=O)O. The first-order valence-electron chi connectivity index (χ1n) is 9.87. The van der Waals surface area contributed by atoms with Gasteiger partial charge in [-0.15, -0.1) is 11.8 Å². The summed E-state index contributed by atoms with van der Waals surface area (Å²) >= 11 is 4.62. The molecule has 0 aliphatic carbocycles. The van der Waals surface area contributed by atoms with Gasteiger partial charge in [0.05, 0.1) is 12.4 Å². The topological polar surface area (TPSA) is 83.8 Å². The summed E-state index contributed by atoms with van der Waals surface area (Å²) in [6, 6.07) is 6.97. The van der Waals surface area contributed by atoms with Crippen molar-refractivity contribution in [2.75, 3.05) is 12.4 Å². The van der Waals surface area contributed by atoms with Crippen LogP contribution in [0.3, 0.4) is 0 Å². The van der Waals surface area contributed by atoms with E-state index in [0.717, 1.165) is 31.0 Å². The molecule has 7 heteroatoms. The van der Waals surface area contributed by atoms with E-state index >= 15 is 0 Å². The Morgan fingerprint density at radius 3 is 2.39 bits per heavy atom. The smallest absolute Gasteiger partial charge is 0.321 e. The lowest BCUT2D eigenvalue weighted by atomic mass is 10.1. The molecular weight excluding hydrogens is 444 g/mol. The minimum atomic E-state index is -1.06. The van der Waals surface area contributed by atoms with E-state index in [2.05, 4.69) is 22.9 Å². The van der Waals surface area contributed by atoms with Crippen molar-refractivity contribution in [3.8, 4) is 5.75 Å². The standard InChI is InChI=1S/C21H31BrO5S/c1-2-3-4-5-10-16(22)11-8-9-14-27-18-13-7-6-12-17(18)20(21(25)26)28-15-19(23)24/h6-7,12-13,16,20H,2-5,8-11,14-15H2,1H3,(H,23,24)(H,25,26). The van der Waals surface area contributed by atoms with E-state index in [0.29, 0.717) is 22.7 Å². The van der Waals surface area contributed by atoms with Crippen LogP contribution in [0.5, 0.6) is 5.75 Å². The number of carboxylic acid groups (broad SMARTS) is 2. The number of carbonyl (C=O) groups is 2. The Balaban J connectivity index is 2.44. The summed E-state index contributed by atoms with van der Waals surface area (Å²) < 4.78 is 5.83. The van der Waals surface area contributed by atoms with Crippen molar-refractivity contribution < 1.29 is 24.5 Å². The van der Waals surface area contributed by atoms with Crippen LogP contribution in [0.4, 0.5) is 0 Å². The summed E-state index contributed by atoms with van der Waals surface area (Å²) in [5.41, 5.74) is 0.510. The van der Waals surface area contributed by atoms with Gasteiger partial charge >= 0.3 is 11.9 Å². The van der Waals surface area contributed by atoms with Crippen LogP contribution in [0.25, 0.3) is 0 Å². The molecule has 158 valence electrons. The van der Waals surface area contributed by atoms with E-state index in [1.165, 1.54) is 32.1 Å². The fourth-order valence-electron chi connectivity index (χ4n) is 2.86. The third kappa shape index (κ3) is 10.4. The van der Waals surface area contributed by atoms with E-state index in [9.17, 15) is 14.7 Å². The number of alkyl halides is 1. The van der Waals surface area contributed by atoms with Crippen molar-refractivity contribution in [1.29, 1.82) is 0 Å². The van der Waals surface area contributed by atoms with Gasteiger partial charge < -0.3 is 14.9 Å². The quantitative estimate of drug-likeness (QED) is 0.228. The van der Waals surface area contributed by atoms with Crippen LogP contribution in [0, 0.1) is 0 Å². The van der Waals surface area contributed by atoms with Gasteiger partial charge in [0.25, 0.3) is 0 Å². The highest BCUT2D eigenvalue weighted by Gasteiger charge is 2.24. The summed E-state index contributed by atoms with van der Waals surface area (Å²) in [7, 11) is 0. The minimum absolute atomic E-state index is 0.268. The van der Waals surface area contributed by atoms with Crippen LogP contribution < -0.4 is 4.74 Å². The number of aliphatic carboxylic acids is 2. The summed E-state index contributed by atoms with van der Waals surface area (Å²) in [5.74, 6) is -1.85. The predicted octanol–water partition coefficient (Wildman–Crippen LogP) is 5.91. The van der Waals surface area contributed by atoms with Crippen LogP contribution >= 0.6 is 27.7 Å². The maximum Gasteiger partial charge on any atom is 0.321 e. The van der Waals surface area contributed by atoms with Gasteiger partial charge in [0.2, 0.25) is 0 Å². The highest BCUT2D eigenvalue weighted by atomic mass is 79.9. The Morgan fingerprint density at radius 1 is 1.07 bits per heavy atom. The second-order valence-corrected chi connectivity index (χ2v) is 9.14. The lowest BCUT2D eigenvalue weighted by molar-refractivity contribution is -0.136. The van der Waals surface area contributed by atoms with Crippen molar-refractivity contribution in [3.05, 3.63) is 29.8 Å². The molecule has 0 aliphatic rings. The number of ether oxygens (including phenoxy) is 1. The van der Waals surface area contributed by atoms with Crippen LogP contribution in [0.15, 0.2) is 24.3 Å². The van der Waals surface area contributed by atoms with Gasteiger partial charge in [-0.2, -0.15) is 0 Å². The first-order valence-corrected chi connectivity index (χ1v) is 11.8.